The lowest BCUT2D eigenvalue weighted by molar-refractivity contribution is -0.148. The van der Waals surface area contributed by atoms with E-state index in [0.717, 1.165) is 5.56 Å². The van der Waals surface area contributed by atoms with E-state index in [1.54, 1.807) is 33.0 Å². The molecule has 0 aliphatic heterocycles. The zero-order valence-corrected chi connectivity index (χ0v) is 23.7. The highest BCUT2D eigenvalue weighted by Crippen LogP contribution is 2.53. The second-order valence-corrected chi connectivity index (χ2v) is 11.9. The summed E-state index contributed by atoms with van der Waals surface area (Å²) >= 11 is 0. The number of carbonyl (C=O) groups excluding carboxylic acids is 3. The van der Waals surface area contributed by atoms with Crippen LogP contribution >= 0.6 is 0 Å². The third-order valence-electron chi connectivity index (χ3n) is 8.85. The average molecular weight is 560 g/mol. The summed E-state index contributed by atoms with van der Waals surface area (Å²) in [6.45, 7) is 5.16. The van der Waals surface area contributed by atoms with Gasteiger partial charge in [0.15, 0.2) is 11.4 Å². The molecule has 6 N–H and O–H groups in total. The summed E-state index contributed by atoms with van der Waals surface area (Å²) in [6, 6.07) is 0.348. The van der Waals surface area contributed by atoms with Crippen molar-refractivity contribution in [3.05, 3.63) is 51.0 Å². The lowest BCUT2D eigenvalue weighted by Gasteiger charge is -2.50. The Morgan fingerprint density at radius 3 is 2.33 bits per heavy atom. The number of nitrogens with zero attached hydrogens (tertiary/aromatic N) is 2. The van der Waals surface area contributed by atoms with Gasteiger partial charge in [-0.2, -0.15) is 0 Å². The molecule has 11 heteroatoms. The van der Waals surface area contributed by atoms with Crippen molar-refractivity contribution >= 4 is 17.5 Å². The Bertz CT molecular complexity index is 1350. The molecule has 1 aromatic rings. The minimum absolute atomic E-state index is 0.0247. The Labute approximate surface area is 232 Å². The minimum Gasteiger partial charge on any atom is -0.510 e. The number of fused-ring (bicyclic) bond motifs is 3. The van der Waals surface area contributed by atoms with Gasteiger partial charge >= 0.3 is 0 Å². The predicted molar refractivity (Wildman–Crippen MR) is 145 cm³/mol. The van der Waals surface area contributed by atoms with E-state index < -0.39 is 70.8 Å². The van der Waals surface area contributed by atoms with E-state index in [-0.39, 0.29) is 42.2 Å². The zero-order chi connectivity index (χ0) is 30.0. The molecule has 40 heavy (non-hydrogen) atoms. The van der Waals surface area contributed by atoms with E-state index >= 15 is 0 Å². The van der Waals surface area contributed by atoms with Crippen molar-refractivity contribution in [3.63, 3.8) is 0 Å². The molecule has 3 aliphatic carbocycles. The van der Waals surface area contributed by atoms with Gasteiger partial charge in [0.25, 0.3) is 5.91 Å². The first-order valence-corrected chi connectivity index (χ1v) is 13.4. The van der Waals surface area contributed by atoms with Gasteiger partial charge < -0.3 is 26.2 Å². The summed E-state index contributed by atoms with van der Waals surface area (Å²) in [6.07, 6.45) is 0.259. The molecule has 1 unspecified atom stereocenters. The Morgan fingerprint density at radius 2 is 1.80 bits per heavy atom. The molecule has 1 aromatic carbocycles. The van der Waals surface area contributed by atoms with Gasteiger partial charge in [-0.1, -0.05) is 19.9 Å². The van der Waals surface area contributed by atoms with Gasteiger partial charge in [0, 0.05) is 29.6 Å². The number of likely N-dealkylation sites (N-methyl/N-ethyl adjacent to an activating group) is 1. The van der Waals surface area contributed by atoms with E-state index in [1.807, 2.05) is 19.9 Å². The van der Waals surface area contributed by atoms with Gasteiger partial charge in [-0.25, -0.2) is 4.39 Å². The van der Waals surface area contributed by atoms with Crippen molar-refractivity contribution in [2.24, 2.45) is 17.6 Å². The van der Waals surface area contributed by atoms with E-state index in [2.05, 4.69) is 0 Å². The first-order valence-electron chi connectivity index (χ1n) is 13.4. The van der Waals surface area contributed by atoms with Gasteiger partial charge in [0.2, 0.25) is 5.78 Å². The van der Waals surface area contributed by atoms with Gasteiger partial charge in [-0.05, 0) is 63.9 Å². The van der Waals surface area contributed by atoms with Crippen LogP contribution in [0.2, 0.25) is 0 Å². The van der Waals surface area contributed by atoms with Crippen LogP contribution in [0.15, 0.2) is 28.7 Å². The third kappa shape index (κ3) is 4.22. The second-order valence-electron chi connectivity index (χ2n) is 11.9. The number of phenols is 1. The lowest BCUT2D eigenvalue weighted by Crippen LogP contribution is -2.63. The van der Waals surface area contributed by atoms with Crippen molar-refractivity contribution in [2.75, 3.05) is 27.8 Å². The third-order valence-corrected chi connectivity index (χ3v) is 8.85. The number of carbonyl (C=O) groups is 3. The average Bonchev–Trinajstić information content (AvgIpc) is 2.86. The number of primary amides is 1. The van der Waals surface area contributed by atoms with E-state index in [4.69, 9.17) is 5.73 Å². The smallest absolute Gasteiger partial charge is 0.255 e. The topological polar surface area (TPSA) is 165 Å². The highest BCUT2D eigenvalue weighted by molar-refractivity contribution is 6.24. The molecule has 5 atom stereocenters. The van der Waals surface area contributed by atoms with Crippen LogP contribution in [-0.2, 0) is 22.6 Å². The number of halogens is 1. The second kappa shape index (κ2) is 10.3. The van der Waals surface area contributed by atoms with Crippen molar-refractivity contribution in [3.8, 4) is 5.75 Å². The molecule has 0 heterocycles. The standard InChI is InChI=1S/C29H38FN3O7/c1-12(2)16-8-15(11-33(6)13(3)10-30)23(34)20-17(16)7-14-9-18-22(32(4)5)25(36)21(28(31)39)27(38)29(18,40)26(37)19(14)24(20)35/h8,12-14,18,22,34,36-37,40H,7,9-11H2,1-6H3,(H2,31,39)/t13?,14-,18-,22-,29-/m0/s1. The molecule has 4 rings (SSSR count). The molecule has 0 saturated carbocycles. The molecule has 0 aromatic heterocycles. The van der Waals surface area contributed by atoms with Gasteiger partial charge in [-0.15, -0.1) is 0 Å². The maximum atomic E-state index is 14.1. The maximum Gasteiger partial charge on any atom is 0.255 e. The van der Waals surface area contributed by atoms with Crippen molar-refractivity contribution in [1.82, 2.24) is 9.80 Å². The Balaban J connectivity index is 1.94. The number of benzene rings is 1. The molecule has 0 saturated heterocycles. The monoisotopic (exact) mass is 559 g/mol. The number of hydrogen-bond donors (Lipinski definition) is 5. The van der Waals surface area contributed by atoms with Gasteiger partial charge in [-0.3, -0.25) is 24.2 Å². The van der Waals surface area contributed by atoms with Crippen molar-refractivity contribution in [2.45, 2.75) is 63.8 Å². The number of allylic oxidation sites excluding steroid dienone is 1. The number of aliphatic hydroxyl groups excluding tert-OH is 2. The summed E-state index contributed by atoms with van der Waals surface area (Å²) in [5.41, 5.74) is 3.46. The van der Waals surface area contributed by atoms with E-state index in [9.17, 15) is 39.2 Å². The summed E-state index contributed by atoms with van der Waals surface area (Å²) in [7, 11) is 4.88. The quantitative estimate of drug-likeness (QED) is 0.314. The summed E-state index contributed by atoms with van der Waals surface area (Å²) in [5.74, 6) is -6.83. The number of nitrogens with two attached hydrogens (primary N) is 1. The summed E-state index contributed by atoms with van der Waals surface area (Å²) < 4.78 is 13.3. The molecular weight excluding hydrogens is 521 g/mol. The number of hydrogen-bond acceptors (Lipinski definition) is 9. The number of amides is 1. The van der Waals surface area contributed by atoms with Crippen LogP contribution in [-0.4, -0.2) is 93.2 Å². The largest absolute Gasteiger partial charge is 0.510 e. The van der Waals surface area contributed by atoms with Gasteiger partial charge in [0.1, 0.15) is 29.5 Å². The highest BCUT2D eigenvalue weighted by atomic mass is 19.1. The highest BCUT2D eigenvalue weighted by Gasteiger charge is 2.63. The zero-order valence-electron chi connectivity index (χ0n) is 23.7. The number of alkyl halides is 1. The van der Waals surface area contributed by atoms with Crippen molar-refractivity contribution in [1.29, 1.82) is 0 Å². The molecule has 0 bridgehead atoms. The fraction of sp³-hybridized carbons (Fsp3) is 0.552. The van der Waals surface area contributed by atoms with Crippen molar-refractivity contribution < 1.29 is 39.2 Å². The van der Waals surface area contributed by atoms with Crippen LogP contribution in [0.1, 0.15) is 60.2 Å². The number of rotatable bonds is 7. The number of aliphatic hydroxyl groups is 3. The molecule has 10 nitrogen and oxygen atoms in total. The lowest BCUT2D eigenvalue weighted by atomic mass is 9.58. The maximum absolute atomic E-state index is 14.1. The molecule has 0 radical (unpaired) electrons. The summed E-state index contributed by atoms with van der Waals surface area (Å²) in [4.78, 5) is 42.9. The predicted octanol–water partition coefficient (Wildman–Crippen LogP) is 2.03. The van der Waals surface area contributed by atoms with E-state index in [0.29, 0.717) is 11.1 Å². The first kappa shape index (κ1) is 29.7. The number of ketones is 2. The minimum atomic E-state index is -2.69. The molecular formula is C29H38FN3O7. The molecule has 1 amide bonds. The molecule has 0 fully saturated rings. The van der Waals surface area contributed by atoms with E-state index in [1.165, 1.54) is 4.90 Å². The fourth-order valence-electron chi connectivity index (χ4n) is 6.58. The van der Waals surface area contributed by atoms with Crippen LogP contribution < -0.4 is 5.73 Å². The van der Waals surface area contributed by atoms with Crippen LogP contribution in [0, 0.1) is 11.8 Å². The SMILES string of the molecule is CC(C)c1cc(CN(C)C(C)CF)c(O)c2c1C[C@H]1C[C@H]3[C@H](N(C)C)C(O)=C(C(N)=O)C(=O)[C@@]3(O)C(O)=C1C2=O. The van der Waals surface area contributed by atoms with Crippen LogP contribution in [0.25, 0.3) is 0 Å². The number of aromatic hydroxyl groups is 1. The Hall–Kier alpha value is -3.28. The fourth-order valence-corrected chi connectivity index (χ4v) is 6.58. The van der Waals surface area contributed by atoms with Crippen LogP contribution in [0.3, 0.4) is 0 Å². The normalized spacial score (nSPS) is 27.3. The molecule has 0 spiro atoms. The Kier molecular flexibility index (Phi) is 7.63. The molecule has 3 aliphatic rings. The molecule has 218 valence electrons. The first-order chi connectivity index (χ1) is 18.6. The van der Waals surface area contributed by atoms with Crippen LogP contribution in [0.5, 0.6) is 5.75 Å². The summed E-state index contributed by atoms with van der Waals surface area (Å²) in [5, 5.41) is 45.4. The Morgan fingerprint density at radius 1 is 1.18 bits per heavy atom. The van der Waals surface area contributed by atoms with Crippen LogP contribution in [0.4, 0.5) is 4.39 Å². The number of phenolic OH excluding ortho intramolecular Hbond substituents is 1. The number of Topliss-reactive ketones (excluding diaryl/α,β-unsaturated/α-hetero) is 2. The van der Waals surface area contributed by atoms with Gasteiger partial charge in [0.05, 0.1) is 11.6 Å².